The van der Waals surface area contributed by atoms with E-state index >= 15 is 0 Å². The quantitative estimate of drug-likeness (QED) is 0.337. The Kier molecular flexibility index (Phi) is 4.95. The van der Waals surface area contributed by atoms with Crippen LogP contribution < -0.4 is 11.1 Å². The van der Waals surface area contributed by atoms with Crippen molar-refractivity contribution in [1.82, 2.24) is 5.32 Å². The third-order valence-corrected chi connectivity index (χ3v) is 0.780. The molecule has 0 aromatic heterocycles. The molecule has 0 aromatic carbocycles. The predicted octanol–water partition coefficient (Wildman–Crippen LogP) is -0.737. The van der Waals surface area contributed by atoms with Gasteiger partial charge in [-0.25, -0.2) is 0 Å². The Labute approximate surface area is 49.9 Å². The van der Waals surface area contributed by atoms with Crippen LogP contribution in [0.5, 0.6) is 0 Å². The van der Waals surface area contributed by atoms with Gasteiger partial charge in [0.1, 0.15) is 6.23 Å². The predicted molar refractivity (Wildman–Crippen MR) is 33.4 cm³/mol. The summed E-state index contributed by atoms with van der Waals surface area (Å²) in [5.41, 5.74) is 5.03. The van der Waals surface area contributed by atoms with Gasteiger partial charge in [-0.15, -0.1) is 0 Å². The first-order valence-corrected chi connectivity index (χ1v) is 2.91. The zero-order chi connectivity index (χ0) is 6.41. The molecule has 3 nitrogen and oxygen atoms in total. The van der Waals surface area contributed by atoms with E-state index in [2.05, 4.69) is 12.2 Å². The highest BCUT2D eigenvalue weighted by Crippen LogP contribution is 1.69. The van der Waals surface area contributed by atoms with E-state index in [9.17, 15) is 0 Å². The van der Waals surface area contributed by atoms with Gasteiger partial charge in [-0.2, -0.15) is 0 Å². The minimum absolute atomic E-state index is 0.494. The lowest BCUT2D eigenvalue weighted by molar-refractivity contribution is 0.179. The molecule has 0 aliphatic carbocycles. The maximum atomic E-state index is 8.49. The van der Waals surface area contributed by atoms with Crippen LogP contribution in [0.4, 0.5) is 0 Å². The minimum atomic E-state index is -0.707. The Morgan fingerprint density at radius 2 is 2.38 bits per heavy atom. The number of aliphatic hydroxyl groups is 1. The van der Waals surface area contributed by atoms with Gasteiger partial charge in [-0.05, 0) is 13.0 Å². The van der Waals surface area contributed by atoms with E-state index in [1.165, 1.54) is 0 Å². The van der Waals surface area contributed by atoms with Crippen LogP contribution in [-0.4, -0.2) is 24.4 Å². The maximum absolute atomic E-state index is 8.49. The van der Waals surface area contributed by atoms with Crippen LogP contribution in [0.3, 0.4) is 0 Å². The summed E-state index contributed by atoms with van der Waals surface area (Å²) >= 11 is 0. The molecule has 0 heterocycles. The SMILES string of the molecule is CCCNCC(N)O. The second-order valence-electron chi connectivity index (χ2n) is 1.77. The monoisotopic (exact) mass is 118 g/mol. The molecule has 0 aliphatic heterocycles. The first-order valence-electron chi connectivity index (χ1n) is 2.91. The zero-order valence-electron chi connectivity index (χ0n) is 5.22. The third kappa shape index (κ3) is 5.88. The molecule has 0 fully saturated rings. The fourth-order valence-corrected chi connectivity index (χ4v) is 0.427. The van der Waals surface area contributed by atoms with Crippen molar-refractivity contribution in [2.24, 2.45) is 5.73 Å². The number of nitrogens with one attached hydrogen (secondary N) is 1. The summed E-state index contributed by atoms with van der Waals surface area (Å²) in [6.45, 7) is 3.48. The van der Waals surface area contributed by atoms with Crippen LogP contribution in [0.15, 0.2) is 0 Å². The van der Waals surface area contributed by atoms with Gasteiger partial charge in [0.15, 0.2) is 0 Å². The molecule has 3 heteroatoms. The Balaban J connectivity index is 2.72. The number of rotatable bonds is 4. The molecule has 1 unspecified atom stereocenters. The van der Waals surface area contributed by atoms with Gasteiger partial charge in [0.25, 0.3) is 0 Å². The molecule has 8 heavy (non-hydrogen) atoms. The normalized spacial score (nSPS) is 13.9. The van der Waals surface area contributed by atoms with E-state index in [1.807, 2.05) is 0 Å². The molecule has 0 saturated heterocycles. The second kappa shape index (κ2) is 5.03. The molecule has 4 N–H and O–H groups in total. The van der Waals surface area contributed by atoms with Crippen molar-refractivity contribution in [3.05, 3.63) is 0 Å². The zero-order valence-corrected chi connectivity index (χ0v) is 5.22. The first-order chi connectivity index (χ1) is 3.77. The Bertz CT molecular complexity index is 47.7. The highest BCUT2D eigenvalue weighted by atomic mass is 16.3. The summed E-state index contributed by atoms with van der Waals surface area (Å²) < 4.78 is 0. The summed E-state index contributed by atoms with van der Waals surface area (Å²) in [6.07, 6.45) is 0.369. The summed E-state index contributed by atoms with van der Waals surface area (Å²) in [6, 6.07) is 0. The van der Waals surface area contributed by atoms with Crippen molar-refractivity contribution in [2.75, 3.05) is 13.1 Å². The maximum Gasteiger partial charge on any atom is 0.115 e. The lowest BCUT2D eigenvalue weighted by atomic mass is 10.4. The molecular formula is C5H14N2O. The van der Waals surface area contributed by atoms with Crippen molar-refractivity contribution >= 4 is 0 Å². The molecule has 50 valence electrons. The molecule has 0 saturated carbocycles. The number of hydrogen-bond donors (Lipinski definition) is 3. The molecular weight excluding hydrogens is 104 g/mol. The van der Waals surface area contributed by atoms with E-state index in [-0.39, 0.29) is 0 Å². The van der Waals surface area contributed by atoms with Crippen LogP contribution in [0.1, 0.15) is 13.3 Å². The van der Waals surface area contributed by atoms with Gasteiger partial charge < -0.3 is 16.2 Å². The van der Waals surface area contributed by atoms with Crippen LogP contribution in [0, 0.1) is 0 Å². The molecule has 0 bridgehead atoms. The largest absolute Gasteiger partial charge is 0.377 e. The van der Waals surface area contributed by atoms with Crippen molar-refractivity contribution in [3.63, 3.8) is 0 Å². The van der Waals surface area contributed by atoms with Crippen molar-refractivity contribution in [2.45, 2.75) is 19.6 Å². The van der Waals surface area contributed by atoms with Crippen molar-refractivity contribution in [1.29, 1.82) is 0 Å². The average molecular weight is 118 g/mol. The molecule has 0 amide bonds. The van der Waals surface area contributed by atoms with Crippen molar-refractivity contribution in [3.8, 4) is 0 Å². The molecule has 0 spiro atoms. The second-order valence-corrected chi connectivity index (χ2v) is 1.77. The lowest BCUT2D eigenvalue weighted by Crippen LogP contribution is -2.33. The highest BCUT2D eigenvalue weighted by Gasteiger charge is 1.90. The minimum Gasteiger partial charge on any atom is -0.377 e. The summed E-state index contributed by atoms with van der Waals surface area (Å²) in [5.74, 6) is 0. The Hall–Kier alpha value is -0.120. The lowest BCUT2D eigenvalue weighted by Gasteiger charge is -2.03. The van der Waals surface area contributed by atoms with Crippen LogP contribution in [0.2, 0.25) is 0 Å². The van der Waals surface area contributed by atoms with Gasteiger partial charge in [0.2, 0.25) is 0 Å². The standard InChI is InChI=1S/C5H14N2O/c1-2-3-7-4-5(6)8/h5,7-8H,2-4,6H2,1H3. The molecule has 0 rings (SSSR count). The summed E-state index contributed by atoms with van der Waals surface area (Å²) in [7, 11) is 0. The number of hydrogen-bond acceptors (Lipinski definition) is 3. The van der Waals surface area contributed by atoms with Gasteiger partial charge >= 0.3 is 0 Å². The van der Waals surface area contributed by atoms with E-state index in [4.69, 9.17) is 10.8 Å². The van der Waals surface area contributed by atoms with Gasteiger partial charge in [-0.3, -0.25) is 0 Å². The van der Waals surface area contributed by atoms with E-state index in [1.54, 1.807) is 0 Å². The van der Waals surface area contributed by atoms with Crippen LogP contribution in [-0.2, 0) is 0 Å². The fourth-order valence-electron chi connectivity index (χ4n) is 0.427. The highest BCUT2D eigenvalue weighted by molar-refractivity contribution is 4.48. The Morgan fingerprint density at radius 3 is 2.75 bits per heavy atom. The van der Waals surface area contributed by atoms with Crippen molar-refractivity contribution < 1.29 is 5.11 Å². The van der Waals surface area contributed by atoms with Gasteiger partial charge in [0.05, 0.1) is 0 Å². The van der Waals surface area contributed by atoms with Gasteiger partial charge in [-0.1, -0.05) is 6.92 Å². The first kappa shape index (κ1) is 7.88. The Morgan fingerprint density at radius 1 is 1.75 bits per heavy atom. The summed E-state index contributed by atoms with van der Waals surface area (Å²) in [4.78, 5) is 0. The van der Waals surface area contributed by atoms with Gasteiger partial charge in [0, 0.05) is 6.54 Å². The molecule has 0 aromatic rings. The number of nitrogens with two attached hydrogens (primary N) is 1. The van der Waals surface area contributed by atoms with E-state index in [0.717, 1.165) is 13.0 Å². The topological polar surface area (TPSA) is 58.3 Å². The number of aliphatic hydroxyl groups excluding tert-OH is 1. The smallest absolute Gasteiger partial charge is 0.115 e. The molecule has 0 aliphatic rings. The van der Waals surface area contributed by atoms with E-state index < -0.39 is 6.23 Å². The van der Waals surface area contributed by atoms with Crippen LogP contribution >= 0.6 is 0 Å². The average Bonchev–Trinajstić information content (AvgIpc) is 1.66. The summed E-state index contributed by atoms with van der Waals surface area (Å²) in [5, 5.41) is 11.5. The third-order valence-electron chi connectivity index (χ3n) is 0.780. The van der Waals surface area contributed by atoms with Crippen LogP contribution in [0.25, 0.3) is 0 Å². The van der Waals surface area contributed by atoms with E-state index in [0.29, 0.717) is 6.54 Å². The molecule has 1 atom stereocenters. The molecule has 0 radical (unpaired) electrons. The fraction of sp³-hybridized carbons (Fsp3) is 1.00.